The third kappa shape index (κ3) is 7.09. The van der Waals surface area contributed by atoms with Crippen LogP contribution in [-0.4, -0.2) is 39.4 Å². The highest BCUT2D eigenvalue weighted by Gasteiger charge is 2.11. The normalized spacial score (nSPS) is 10.9. The van der Waals surface area contributed by atoms with Gasteiger partial charge in [-0.05, 0) is 24.6 Å². The highest BCUT2D eigenvalue weighted by molar-refractivity contribution is 14.0. The summed E-state index contributed by atoms with van der Waals surface area (Å²) >= 11 is 0. The topological polar surface area (TPSA) is 98.5 Å². The molecule has 0 saturated heterocycles. The fourth-order valence-electron chi connectivity index (χ4n) is 2.66. The monoisotopic (exact) mass is 537 g/mol. The fourth-order valence-corrected chi connectivity index (χ4v) is 2.66. The zero-order chi connectivity index (χ0) is 21.2. The van der Waals surface area contributed by atoms with Gasteiger partial charge >= 0.3 is 0 Å². The Balaban J connectivity index is 0.00000341. The van der Waals surface area contributed by atoms with Crippen LogP contribution in [0.1, 0.15) is 24.7 Å². The van der Waals surface area contributed by atoms with E-state index in [1.165, 1.54) is 6.33 Å². The lowest BCUT2D eigenvalue weighted by atomic mass is 10.2. The summed E-state index contributed by atoms with van der Waals surface area (Å²) in [6.07, 6.45) is 4.15. The van der Waals surface area contributed by atoms with Gasteiger partial charge in [-0.2, -0.15) is 5.10 Å². The van der Waals surface area contributed by atoms with Crippen LogP contribution in [0.2, 0.25) is 0 Å². The van der Waals surface area contributed by atoms with Gasteiger partial charge < -0.3 is 20.1 Å². The summed E-state index contributed by atoms with van der Waals surface area (Å²) in [6.45, 7) is 3.69. The Labute approximate surface area is 199 Å². The van der Waals surface area contributed by atoms with Crippen LogP contribution in [-0.2, 0) is 20.1 Å². The van der Waals surface area contributed by atoms with Crippen molar-refractivity contribution in [1.29, 1.82) is 0 Å². The smallest absolute Gasteiger partial charge is 0.224 e. The summed E-state index contributed by atoms with van der Waals surface area (Å²) in [5, 5.41) is 10.6. The van der Waals surface area contributed by atoms with Crippen LogP contribution in [0.15, 0.2) is 53.9 Å². The predicted octanol–water partition coefficient (Wildman–Crippen LogP) is 3.27. The van der Waals surface area contributed by atoms with Gasteiger partial charge in [0.25, 0.3) is 0 Å². The largest absolute Gasteiger partial charge is 0.490 e. The maximum Gasteiger partial charge on any atom is 0.224 e. The second-order valence-electron chi connectivity index (χ2n) is 6.44. The van der Waals surface area contributed by atoms with Gasteiger partial charge in [-0.15, -0.1) is 24.0 Å². The average molecular weight is 537 g/mol. The van der Waals surface area contributed by atoms with E-state index in [0.717, 1.165) is 17.8 Å². The molecule has 0 atom stereocenters. The second-order valence-corrected chi connectivity index (χ2v) is 6.44. The predicted molar refractivity (Wildman–Crippen MR) is 130 cm³/mol. The molecule has 0 aliphatic heterocycles. The molecule has 0 amide bonds. The number of nitrogens with zero attached hydrogens (tertiary/aromatic N) is 5. The van der Waals surface area contributed by atoms with E-state index in [1.807, 2.05) is 43.4 Å². The molecule has 31 heavy (non-hydrogen) atoms. The van der Waals surface area contributed by atoms with Crippen LogP contribution in [0.25, 0.3) is 0 Å². The number of aliphatic imine (C=N–C) groups is 1. The van der Waals surface area contributed by atoms with E-state index in [0.29, 0.717) is 43.0 Å². The summed E-state index contributed by atoms with van der Waals surface area (Å²) in [5.74, 6) is 3.30. The molecule has 2 N–H and O–H groups in total. The summed E-state index contributed by atoms with van der Waals surface area (Å²) in [7, 11) is 3.56. The Morgan fingerprint density at radius 1 is 1.06 bits per heavy atom. The number of nitrogens with one attached hydrogen (secondary N) is 2. The lowest BCUT2D eigenvalue weighted by molar-refractivity contribution is 0.300. The van der Waals surface area contributed by atoms with Gasteiger partial charge in [-0.3, -0.25) is 9.67 Å². The molecule has 2 aromatic heterocycles. The first-order chi connectivity index (χ1) is 14.7. The van der Waals surface area contributed by atoms with Gasteiger partial charge in [0, 0.05) is 32.4 Å². The van der Waals surface area contributed by atoms with Gasteiger partial charge in [-0.1, -0.05) is 25.1 Å². The molecule has 0 aliphatic carbocycles. The van der Waals surface area contributed by atoms with Crippen LogP contribution in [0.5, 0.6) is 17.4 Å². The number of pyridine rings is 1. The SMILES string of the molecule is CCCOc1ccccc1Oc1ncccc1CNC(=NC)NCc1ncnn1C.I. The highest BCUT2D eigenvalue weighted by Crippen LogP contribution is 2.31. The molecule has 0 aliphatic rings. The lowest BCUT2D eigenvalue weighted by Crippen LogP contribution is -2.37. The molecule has 0 spiro atoms. The number of halogens is 1. The fraction of sp³-hybridized carbons (Fsp3) is 0.333. The molecular weight excluding hydrogens is 509 g/mol. The first-order valence-electron chi connectivity index (χ1n) is 9.82. The maximum atomic E-state index is 6.08. The zero-order valence-corrected chi connectivity index (χ0v) is 20.2. The number of benzene rings is 1. The van der Waals surface area contributed by atoms with Crippen molar-refractivity contribution in [1.82, 2.24) is 30.4 Å². The van der Waals surface area contributed by atoms with Crippen LogP contribution < -0.4 is 20.1 Å². The number of hydrogen-bond donors (Lipinski definition) is 2. The quantitative estimate of drug-likeness (QED) is 0.246. The van der Waals surface area contributed by atoms with Crippen molar-refractivity contribution < 1.29 is 9.47 Å². The van der Waals surface area contributed by atoms with E-state index in [1.54, 1.807) is 17.9 Å². The molecule has 0 unspecified atom stereocenters. The third-order valence-corrected chi connectivity index (χ3v) is 4.26. The van der Waals surface area contributed by atoms with Crippen molar-refractivity contribution in [2.45, 2.75) is 26.4 Å². The summed E-state index contributed by atoms with van der Waals surface area (Å²) in [5.41, 5.74) is 0.893. The Morgan fingerprint density at radius 3 is 2.55 bits per heavy atom. The molecule has 166 valence electrons. The van der Waals surface area contributed by atoms with E-state index >= 15 is 0 Å². The van der Waals surface area contributed by atoms with Gasteiger partial charge in [0.05, 0.1) is 13.2 Å². The van der Waals surface area contributed by atoms with E-state index in [-0.39, 0.29) is 24.0 Å². The molecule has 9 nitrogen and oxygen atoms in total. The molecule has 2 heterocycles. The van der Waals surface area contributed by atoms with Crippen molar-refractivity contribution in [3.8, 4) is 17.4 Å². The molecule has 10 heteroatoms. The molecule has 0 fully saturated rings. The van der Waals surface area contributed by atoms with E-state index in [9.17, 15) is 0 Å². The second kappa shape index (κ2) is 12.7. The minimum atomic E-state index is 0. The van der Waals surface area contributed by atoms with Crippen LogP contribution in [0, 0.1) is 0 Å². The number of aromatic nitrogens is 4. The van der Waals surface area contributed by atoms with Crippen molar-refractivity contribution in [2.75, 3.05) is 13.7 Å². The Morgan fingerprint density at radius 2 is 1.84 bits per heavy atom. The Bertz CT molecular complexity index is 978. The minimum Gasteiger partial charge on any atom is -0.490 e. The first kappa shape index (κ1) is 24.4. The highest BCUT2D eigenvalue weighted by atomic mass is 127. The number of hydrogen-bond acceptors (Lipinski definition) is 6. The Kier molecular flexibility index (Phi) is 10.0. The third-order valence-electron chi connectivity index (χ3n) is 4.26. The number of aryl methyl sites for hydroxylation is 1. The van der Waals surface area contributed by atoms with Crippen LogP contribution in [0.3, 0.4) is 0 Å². The standard InChI is InChI=1S/C21H27N7O2.HI/c1-4-12-29-17-9-5-6-10-18(17)30-20-16(8-7-11-23-20)13-24-21(22-2)25-14-19-26-15-27-28(19)3;/h5-11,15H,4,12-14H2,1-3H3,(H2,22,24,25);1H. The molecule has 0 bridgehead atoms. The van der Waals surface area contributed by atoms with Crippen molar-refractivity contribution in [2.24, 2.45) is 12.0 Å². The molecule has 1 aromatic carbocycles. The van der Waals surface area contributed by atoms with E-state index in [4.69, 9.17) is 9.47 Å². The molecule has 0 saturated carbocycles. The van der Waals surface area contributed by atoms with Gasteiger partial charge in [0.1, 0.15) is 12.2 Å². The van der Waals surface area contributed by atoms with Crippen LogP contribution >= 0.6 is 24.0 Å². The summed E-state index contributed by atoms with van der Waals surface area (Å²) in [6, 6.07) is 11.4. The van der Waals surface area contributed by atoms with Gasteiger partial charge in [0.15, 0.2) is 17.5 Å². The number of rotatable bonds is 9. The minimum absolute atomic E-state index is 0. The zero-order valence-electron chi connectivity index (χ0n) is 17.9. The Hall–Kier alpha value is -2.89. The average Bonchev–Trinajstić information content (AvgIpc) is 3.19. The van der Waals surface area contributed by atoms with Crippen molar-refractivity contribution in [3.05, 3.63) is 60.3 Å². The molecule has 0 radical (unpaired) electrons. The molecular formula is C21H28IN7O2. The lowest BCUT2D eigenvalue weighted by Gasteiger charge is -2.15. The van der Waals surface area contributed by atoms with Crippen molar-refractivity contribution in [3.63, 3.8) is 0 Å². The van der Waals surface area contributed by atoms with Crippen molar-refractivity contribution >= 4 is 29.9 Å². The first-order valence-corrected chi connectivity index (χ1v) is 9.82. The van der Waals surface area contributed by atoms with Gasteiger partial charge in [0.2, 0.25) is 5.88 Å². The number of ether oxygens (including phenoxy) is 2. The molecule has 3 rings (SSSR count). The van der Waals surface area contributed by atoms with E-state index < -0.39 is 0 Å². The maximum absolute atomic E-state index is 6.08. The summed E-state index contributed by atoms with van der Waals surface area (Å²) in [4.78, 5) is 12.8. The van der Waals surface area contributed by atoms with E-state index in [2.05, 4.69) is 37.6 Å². The summed E-state index contributed by atoms with van der Waals surface area (Å²) < 4.78 is 13.6. The van der Waals surface area contributed by atoms with Crippen LogP contribution in [0.4, 0.5) is 0 Å². The number of para-hydroxylation sites is 2. The molecule has 3 aromatic rings. The van der Waals surface area contributed by atoms with Gasteiger partial charge in [-0.25, -0.2) is 9.97 Å². The number of guanidine groups is 1.